The third kappa shape index (κ3) is 38.1. The molecule has 148 valence electrons. The smallest absolute Gasteiger partial charge is 0.553 e. The summed E-state index contributed by atoms with van der Waals surface area (Å²) < 4.78 is 9.30. The van der Waals surface area contributed by atoms with Crippen molar-refractivity contribution in [3.63, 3.8) is 0 Å². The van der Waals surface area contributed by atoms with Crippen molar-refractivity contribution < 1.29 is 47.3 Å². The second-order valence-corrected chi connectivity index (χ2v) is 6.06. The summed E-state index contributed by atoms with van der Waals surface area (Å²) in [6.07, 6.45) is 0.594. The number of hydrogen-bond acceptors (Lipinski definition) is 6. The van der Waals surface area contributed by atoms with Crippen LogP contribution in [-0.4, -0.2) is 57.0 Å². The molecule has 0 fully saturated rings. The van der Waals surface area contributed by atoms with Crippen LogP contribution in [0.3, 0.4) is 0 Å². The first-order chi connectivity index (χ1) is 10.5. The summed E-state index contributed by atoms with van der Waals surface area (Å²) in [4.78, 5) is 0. The Bertz CT molecular complexity index is 203. The van der Waals surface area contributed by atoms with Gasteiger partial charge in [-0.3, -0.25) is 0 Å². The topological polar surface area (TPSA) is 99.4 Å². The van der Waals surface area contributed by atoms with Gasteiger partial charge in [0.1, 0.15) is 0 Å². The van der Waals surface area contributed by atoms with Crippen LogP contribution in [0.4, 0.5) is 0 Å². The van der Waals surface area contributed by atoms with Gasteiger partial charge in [0.15, 0.2) is 0 Å². The molecule has 4 N–H and O–H groups in total. The normalized spacial score (nSPS) is 17.5. The number of aliphatic hydroxyl groups excluding tert-OH is 4. The molecule has 0 aromatic heterocycles. The van der Waals surface area contributed by atoms with Crippen molar-refractivity contribution in [2.75, 3.05) is 0 Å². The molecule has 0 aliphatic rings. The van der Waals surface area contributed by atoms with Crippen molar-refractivity contribution in [1.82, 2.24) is 0 Å². The summed E-state index contributed by atoms with van der Waals surface area (Å²) in [7, 11) is 6.46. The van der Waals surface area contributed by atoms with Crippen molar-refractivity contribution in [3.05, 3.63) is 14.2 Å². The van der Waals surface area contributed by atoms with Crippen molar-refractivity contribution in [2.45, 2.75) is 97.4 Å². The Morgan fingerprint density at radius 3 is 0.833 bits per heavy atom. The van der Waals surface area contributed by atoms with Gasteiger partial charge in [-0.1, -0.05) is 0 Å². The van der Waals surface area contributed by atoms with Crippen molar-refractivity contribution >= 4 is 0 Å². The largest absolute Gasteiger partial charge is 2.00 e. The fourth-order valence-corrected chi connectivity index (χ4v) is 1.59. The van der Waals surface area contributed by atoms with Gasteiger partial charge in [0, 0.05) is 12.2 Å². The van der Waals surface area contributed by atoms with Gasteiger partial charge in [-0.15, -0.1) is 0 Å². The molecule has 0 rings (SSSR count). The maximum atomic E-state index is 8.75. The quantitative estimate of drug-likeness (QED) is 0.474. The van der Waals surface area contributed by atoms with E-state index in [0.717, 1.165) is 0 Å². The van der Waals surface area contributed by atoms with Crippen LogP contribution in [0.1, 0.15) is 60.8 Å². The molecule has 0 aliphatic carbocycles. The van der Waals surface area contributed by atoms with Crippen LogP contribution in [0.25, 0.3) is 0 Å². The van der Waals surface area contributed by atoms with Gasteiger partial charge in [0.25, 0.3) is 0 Å². The number of rotatable bonds is 8. The molecule has 0 aliphatic heterocycles. The Kier molecular flexibility index (Phi) is 28.5. The van der Waals surface area contributed by atoms with E-state index in [1.807, 2.05) is 13.8 Å². The van der Waals surface area contributed by atoms with Gasteiger partial charge in [-0.25, -0.2) is 14.2 Å². The molecule has 0 heterocycles. The molecule has 24 heavy (non-hydrogen) atoms. The number of aliphatic hydroxyl groups is 4. The molecular weight excluding hydrogens is 352 g/mol. The standard InChI is InChI=1S/2C6H13O2.C5H12O2.Cr/c2*1-5(7)4-6(2)8-3;1-4(6)3-5(2)7;/h2*5-7H,3-4H2,1-2H3;4-7H,3H2,1-2H3;/q2*-1;;+2. The van der Waals surface area contributed by atoms with E-state index < -0.39 is 0 Å². The zero-order valence-corrected chi connectivity index (χ0v) is 17.3. The Morgan fingerprint density at radius 1 is 0.583 bits per heavy atom. The SMILES string of the molecule is CC(O)CC(C)O.[CH2-]OC(C)CC(C)O.[CH2-]OC(C)CC(C)O.[Cr+2]. The van der Waals surface area contributed by atoms with Gasteiger partial charge in [-0.05, 0) is 60.8 Å². The van der Waals surface area contributed by atoms with Crippen LogP contribution in [0.15, 0.2) is 0 Å². The van der Waals surface area contributed by atoms with Crippen molar-refractivity contribution in [3.8, 4) is 0 Å². The Morgan fingerprint density at radius 2 is 0.792 bits per heavy atom. The molecule has 0 amide bonds. The van der Waals surface area contributed by atoms with E-state index in [-0.39, 0.29) is 54.0 Å². The zero-order valence-electron chi connectivity index (χ0n) is 16.0. The van der Waals surface area contributed by atoms with E-state index in [2.05, 4.69) is 23.7 Å². The van der Waals surface area contributed by atoms with Gasteiger partial charge in [0.2, 0.25) is 0 Å². The van der Waals surface area contributed by atoms with Crippen LogP contribution in [-0.2, 0) is 26.8 Å². The minimum Gasteiger partial charge on any atom is -0.553 e. The molecule has 0 saturated heterocycles. The van der Waals surface area contributed by atoms with Crippen LogP contribution < -0.4 is 0 Å². The summed E-state index contributed by atoms with van der Waals surface area (Å²) in [6.45, 7) is 10.5. The molecule has 0 spiro atoms. The van der Waals surface area contributed by atoms with Gasteiger partial charge in [0.05, 0.1) is 24.4 Å². The summed E-state index contributed by atoms with van der Waals surface area (Å²) >= 11 is 0. The monoisotopic (exact) mass is 390 g/mol. The van der Waals surface area contributed by atoms with E-state index in [0.29, 0.717) is 19.3 Å². The molecule has 6 unspecified atom stereocenters. The summed E-state index contributed by atoms with van der Waals surface area (Å²) in [6, 6.07) is 0. The zero-order chi connectivity index (χ0) is 19.0. The third-order valence-electron chi connectivity index (χ3n) is 2.60. The number of hydrogen-bond donors (Lipinski definition) is 4. The number of ether oxygens (including phenoxy) is 2. The van der Waals surface area contributed by atoms with Gasteiger partial charge in [-0.2, -0.15) is 0 Å². The van der Waals surface area contributed by atoms with Crippen LogP contribution in [0.5, 0.6) is 0 Å². The fraction of sp³-hybridized carbons (Fsp3) is 0.882. The summed E-state index contributed by atoms with van der Waals surface area (Å²) in [5.74, 6) is 0. The fourth-order valence-electron chi connectivity index (χ4n) is 1.59. The molecule has 6 atom stereocenters. The molecule has 6 nitrogen and oxygen atoms in total. The van der Waals surface area contributed by atoms with Crippen LogP contribution >= 0.6 is 0 Å². The predicted octanol–water partition coefficient (Wildman–Crippen LogP) is 2.04. The first-order valence-electron chi connectivity index (χ1n) is 8.00. The maximum Gasteiger partial charge on any atom is 2.00 e. The van der Waals surface area contributed by atoms with Crippen LogP contribution in [0, 0.1) is 14.2 Å². The first-order valence-corrected chi connectivity index (χ1v) is 8.00. The molecule has 7 heteroatoms. The Hall–Kier alpha value is 0.292. The second-order valence-electron chi connectivity index (χ2n) is 6.06. The molecule has 0 saturated carbocycles. The molecule has 0 bridgehead atoms. The predicted molar refractivity (Wildman–Crippen MR) is 92.4 cm³/mol. The van der Waals surface area contributed by atoms with Gasteiger partial charge >= 0.3 is 17.4 Å². The second kappa shape index (κ2) is 21.3. The maximum absolute atomic E-state index is 8.75. The minimum atomic E-state index is -0.375. The van der Waals surface area contributed by atoms with Crippen LogP contribution in [0.2, 0.25) is 0 Å². The molecule has 0 aromatic carbocycles. The van der Waals surface area contributed by atoms with Gasteiger partial charge < -0.3 is 29.9 Å². The summed E-state index contributed by atoms with van der Waals surface area (Å²) in [5, 5.41) is 34.6. The minimum absolute atomic E-state index is 0. The first kappa shape index (κ1) is 32.0. The molecule has 0 radical (unpaired) electrons. The third-order valence-corrected chi connectivity index (χ3v) is 2.60. The average molecular weight is 390 g/mol. The van der Waals surface area contributed by atoms with E-state index in [1.54, 1.807) is 27.7 Å². The van der Waals surface area contributed by atoms with E-state index in [9.17, 15) is 0 Å². The van der Waals surface area contributed by atoms with Crippen molar-refractivity contribution in [2.24, 2.45) is 0 Å². The Labute approximate surface area is 159 Å². The van der Waals surface area contributed by atoms with E-state index >= 15 is 0 Å². The summed E-state index contributed by atoms with van der Waals surface area (Å²) in [5.41, 5.74) is 0. The van der Waals surface area contributed by atoms with E-state index in [4.69, 9.17) is 20.4 Å². The average Bonchev–Trinajstić information content (AvgIpc) is 2.36. The van der Waals surface area contributed by atoms with Crippen molar-refractivity contribution in [1.29, 1.82) is 0 Å². The van der Waals surface area contributed by atoms with E-state index in [1.165, 1.54) is 0 Å². The Balaban J connectivity index is -0.000000123. The molecule has 0 aromatic rings. The molecular formula is C17H38CrO6.